The number of amides is 1. The normalized spacial score (nSPS) is 12.5. The van der Waals surface area contributed by atoms with E-state index in [2.05, 4.69) is 15.0 Å². The number of nitrogens with zero attached hydrogens (tertiary/aromatic N) is 1. The third-order valence-corrected chi connectivity index (χ3v) is 4.21. The first-order valence-electron chi connectivity index (χ1n) is 9.13. The first-order chi connectivity index (χ1) is 13.5. The molecule has 2 aromatic rings. The lowest BCUT2D eigenvalue weighted by molar-refractivity contribution is -0.153. The van der Waals surface area contributed by atoms with Gasteiger partial charge >= 0.3 is 6.18 Å². The van der Waals surface area contributed by atoms with Gasteiger partial charge in [-0.15, -0.1) is 0 Å². The van der Waals surface area contributed by atoms with Gasteiger partial charge in [0.25, 0.3) is 5.91 Å². The minimum absolute atomic E-state index is 0.0382. The van der Waals surface area contributed by atoms with Gasteiger partial charge < -0.3 is 10.1 Å². The van der Waals surface area contributed by atoms with Gasteiger partial charge in [0.05, 0.1) is 6.04 Å². The maximum Gasteiger partial charge on any atom is 0.422 e. The maximum atomic E-state index is 12.5. The molecule has 1 aromatic heterocycles. The summed E-state index contributed by atoms with van der Waals surface area (Å²) >= 11 is 0. The van der Waals surface area contributed by atoms with Crippen LogP contribution in [-0.2, 0) is 11.2 Å². The van der Waals surface area contributed by atoms with Crippen molar-refractivity contribution in [1.29, 1.82) is 0 Å². The Morgan fingerprint density at radius 1 is 1.10 bits per heavy atom. The lowest BCUT2D eigenvalue weighted by Gasteiger charge is -2.16. The molecule has 0 spiro atoms. The molecule has 0 fully saturated rings. The number of alkyl halides is 3. The van der Waals surface area contributed by atoms with Crippen LogP contribution in [0.1, 0.15) is 48.4 Å². The lowest BCUT2D eigenvalue weighted by Crippen LogP contribution is -2.27. The highest BCUT2D eigenvalue weighted by Gasteiger charge is 2.28. The Morgan fingerprint density at radius 2 is 1.76 bits per heavy atom. The van der Waals surface area contributed by atoms with Crippen LogP contribution in [0.5, 0.6) is 5.75 Å². The van der Waals surface area contributed by atoms with Crippen molar-refractivity contribution >= 4 is 11.7 Å². The Balaban J connectivity index is 1.99. The Morgan fingerprint density at radius 3 is 2.34 bits per heavy atom. The number of benzene rings is 1. The number of Topliss-reactive ketones (excluding diaryl/α,β-unsaturated/α-hetero) is 1. The predicted octanol–water partition coefficient (Wildman–Crippen LogP) is 4.28. The van der Waals surface area contributed by atoms with Gasteiger partial charge in [0.2, 0.25) is 0 Å². The van der Waals surface area contributed by atoms with E-state index in [1.807, 2.05) is 0 Å². The van der Waals surface area contributed by atoms with E-state index < -0.39 is 12.8 Å². The molecule has 5 nitrogen and oxygen atoms in total. The standard InChI is InChI=1S/C21H23F3N2O3/c1-13(2)19(27)11-17-10-16(8-9-25-17)20(28)26-14(3)15-4-6-18(7-5-15)29-12-21(22,23)24/h4-10,13-14H,11-12H2,1-3H3,(H,26,28). The summed E-state index contributed by atoms with van der Waals surface area (Å²) in [5, 5.41) is 2.82. The first kappa shape index (κ1) is 22.4. The number of rotatable bonds is 8. The molecule has 0 aliphatic heterocycles. The zero-order valence-electron chi connectivity index (χ0n) is 16.4. The van der Waals surface area contributed by atoms with E-state index in [0.29, 0.717) is 16.8 Å². The van der Waals surface area contributed by atoms with E-state index in [4.69, 9.17) is 0 Å². The van der Waals surface area contributed by atoms with E-state index in [-0.39, 0.29) is 35.8 Å². The van der Waals surface area contributed by atoms with Crippen molar-refractivity contribution in [3.8, 4) is 5.75 Å². The number of pyridine rings is 1. The summed E-state index contributed by atoms with van der Waals surface area (Å²) in [5.41, 5.74) is 1.61. The number of ether oxygens (including phenoxy) is 1. The van der Waals surface area contributed by atoms with Gasteiger partial charge in [-0.05, 0) is 36.8 Å². The lowest BCUT2D eigenvalue weighted by atomic mass is 10.0. The highest BCUT2D eigenvalue weighted by molar-refractivity contribution is 5.94. The number of aromatic nitrogens is 1. The summed E-state index contributed by atoms with van der Waals surface area (Å²) < 4.78 is 41.3. The minimum Gasteiger partial charge on any atom is -0.484 e. The van der Waals surface area contributed by atoms with Crippen molar-refractivity contribution in [3.05, 3.63) is 59.4 Å². The van der Waals surface area contributed by atoms with Gasteiger partial charge in [-0.1, -0.05) is 26.0 Å². The second-order valence-electron chi connectivity index (χ2n) is 7.00. The van der Waals surface area contributed by atoms with Crippen LogP contribution >= 0.6 is 0 Å². The van der Waals surface area contributed by atoms with Crippen LogP contribution in [0.2, 0.25) is 0 Å². The fourth-order valence-corrected chi connectivity index (χ4v) is 2.48. The van der Waals surface area contributed by atoms with E-state index >= 15 is 0 Å². The molecular formula is C21H23F3N2O3. The van der Waals surface area contributed by atoms with Crippen LogP contribution in [0.15, 0.2) is 42.6 Å². The van der Waals surface area contributed by atoms with E-state index in [0.717, 1.165) is 0 Å². The SMILES string of the molecule is CC(C)C(=O)Cc1cc(C(=O)NC(C)c2ccc(OCC(F)(F)F)cc2)ccn1. The number of ketones is 1. The molecule has 1 heterocycles. The van der Waals surface area contributed by atoms with Crippen molar-refractivity contribution in [2.45, 2.75) is 39.4 Å². The molecule has 156 valence electrons. The van der Waals surface area contributed by atoms with E-state index in [9.17, 15) is 22.8 Å². The van der Waals surface area contributed by atoms with Gasteiger partial charge in [-0.3, -0.25) is 14.6 Å². The number of hydrogen-bond acceptors (Lipinski definition) is 4. The van der Waals surface area contributed by atoms with Gasteiger partial charge in [-0.2, -0.15) is 13.2 Å². The average Bonchev–Trinajstić information content (AvgIpc) is 2.66. The first-order valence-corrected chi connectivity index (χ1v) is 9.13. The molecule has 1 unspecified atom stereocenters. The highest BCUT2D eigenvalue weighted by atomic mass is 19.4. The van der Waals surface area contributed by atoms with Gasteiger partial charge in [-0.25, -0.2) is 0 Å². The zero-order valence-corrected chi connectivity index (χ0v) is 16.4. The molecule has 1 amide bonds. The second-order valence-corrected chi connectivity index (χ2v) is 7.00. The molecule has 0 aliphatic carbocycles. The summed E-state index contributed by atoms with van der Waals surface area (Å²) in [6.07, 6.45) is -2.76. The van der Waals surface area contributed by atoms with Crippen LogP contribution in [-0.4, -0.2) is 29.5 Å². The molecule has 0 bridgehead atoms. The van der Waals surface area contributed by atoms with Crippen LogP contribution in [0.4, 0.5) is 13.2 Å². The topological polar surface area (TPSA) is 68.3 Å². The number of carbonyl (C=O) groups is 2. The van der Waals surface area contributed by atoms with Gasteiger partial charge in [0.15, 0.2) is 6.61 Å². The molecule has 0 aliphatic rings. The average molecular weight is 408 g/mol. The largest absolute Gasteiger partial charge is 0.484 e. The third-order valence-electron chi connectivity index (χ3n) is 4.21. The van der Waals surface area contributed by atoms with Crippen LogP contribution in [0.3, 0.4) is 0 Å². The van der Waals surface area contributed by atoms with E-state index in [1.54, 1.807) is 45.0 Å². The molecule has 1 aromatic carbocycles. The van der Waals surface area contributed by atoms with Crippen molar-refractivity contribution < 1.29 is 27.5 Å². The predicted molar refractivity (Wildman–Crippen MR) is 102 cm³/mol. The summed E-state index contributed by atoms with van der Waals surface area (Å²) in [6, 6.07) is 8.78. The van der Waals surface area contributed by atoms with E-state index in [1.165, 1.54) is 18.3 Å². The van der Waals surface area contributed by atoms with Crippen molar-refractivity contribution in [2.24, 2.45) is 5.92 Å². The molecule has 0 saturated heterocycles. The van der Waals surface area contributed by atoms with Crippen molar-refractivity contribution in [1.82, 2.24) is 10.3 Å². The molecule has 1 N–H and O–H groups in total. The summed E-state index contributed by atoms with van der Waals surface area (Å²) in [7, 11) is 0. The molecule has 0 saturated carbocycles. The summed E-state index contributed by atoms with van der Waals surface area (Å²) in [6.45, 7) is 4.01. The summed E-state index contributed by atoms with van der Waals surface area (Å²) in [5.74, 6) is -0.317. The van der Waals surface area contributed by atoms with Crippen molar-refractivity contribution in [2.75, 3.05) is 6.61 Å². The molecule has 8 heteroatoms. The second kappa shape index (κ2) is 9.54. The fourth-order valence-electron chi connectivity index (χ4n) is 2.48. The number of hydrogen-bond donors (Lipinski definition) is 1. The maximum absolute atomic E-state index is 12.5. The molecular weight excluding hydrogens is 385 g/mol. The number of halogens is 3. The quantitative estimate of drug-likeness (QED) is 0.708. The van der Waals surface area contributed by atoms with Gasteiger partial charge in [0.1, 0.15) is 11.5 Å². The minimum atomic E-state index is -4.40. The fraction of sp³-hybridized carbons (Fsp3) is 0.381. The Hall–Kier alpha value is -2.90. The number of nitrogens with one attached hydrogen (secondary N) is 1. The monoisotopic (exact) mass is 408 g/mol. The van der Waals surface area contributed by atoms with Crippen LogP contribution in [0.25, 0.3) is 0 Å². The molecule has 1 atom stereocenters. The summed E-state index contributed by atoms with van der Waals surface area (Å²) in [4.78, 5) is 28.5. The van der Waals surface area contributed by atoms with Crippen LogP contribution in [0, 0.1) is 5.92 Å². The Labute approximate surface area is 167 Å². The van der Waals surface area contributed by atoms with Crippen LogP contribution < -0.4 is 10.1 Å². The number of carbonyl (C=O) groups excluding carboxylic acids is 2. The van der Waals surface area contributed by atoms with Crippen molar-refractivity contribution in [3.63, 3.8) is 0 Å². The Kier molecular flexibility index (Phi) is 7.36. The van der Waals surface area contributed by atoms with Gasteiger partial charge in [0, 0.05) is 29.8 Å². The zero-order chi connectivity index (χ0) is 21.6. The smallest absolute Gasteiger partial charge is 0.422 e. The molecule has 0 radical (unpaired) electrons. The third kappa shape index (κ3) is 7.21. The Bertz CT molecular complexity index is 849. The molecule has 29 heavy (non-hydrogen) atoms. The molecule has 2 rings (SSSR count). The highest BCUT2D eigenvalue weighted by Crippen LogP contribution is 2.21.